The summed E-state index contributed by atoms with van der Waals surface area (Å²) in [6.45, 7) is 4.66. The average Bonchev–Trinajstić information content (AvgIpc) is 2.91. The smallest absolute Gasteiger partial charge is 0.291 e. The largest absolute Gasteiger partial charge is 0.458 e. The van der Waals surface area contributed by atoms with Gasteiger partial charge in [0.15, 0.2) is 0 Å². The third kappa shape index (κ3) is 2.93. The second-order valence-corrected chi connectivity index (χ2v) is 5.25. The summed E-state index contributed by atoms with van der Waals surface area (Å²) in [6.07, 6.45) is 5.85. The highest BCUT2D eigenvalue weighted by atomic mass is 79.9. The second kappa shape index (κ2) is 6.70. The van der Waals surface area contributed by atoms with E-state index in [1.165, 1.54) is 6.26 Å². The molecule has 20 heavy (non-hydrogen) atoms. The van der Waals surface area contributed by atoms with E-state index in [9.17, 15) is 4.79 Å². The zero-order valence-corrected chi connectivity index (χ0v) is 13.1. The van der Waals surface area contributed by atoms with Crippen LogP contribution in [0.1, 0.15) is 42.4 Å². The first-order valence-corrected chi connectivity index (χ1v) is 7.42. The Bertz CT molecular complexity index is 568. The van der Waals surface area contributed by atoms with Crippen molar-refractivity contribution in [2.24, 2.45) is 0 Å². The molecule has 0 aromatic carbocycles. The summed E-state index contributed by atoms with van der Waals surface area (Å²) >= 11 is 3.34. The minimum atomic E-state index is -0.104. The van der Waals surface area contributed by atoms with Gasteiger partial charge >= 0.3 is 0 Å². The molecule has 0 spiro atoms. The average molecular weight is 337 g/mol. The number of amides is 1. The minimum Gasteiger partial charge on any atom is -0.458 e. The van der Waals surface area contributed by atoms with Crippen LogP contribution in [0.3, 0.4) is 0 Å². The standard InChI is InChI=1S/C15H17BrN2O2/c1-3-13(11-5-8-17-9-6-11)18(4-2)15(19)14-12(16)7-10-20-14/h5-10,13H,3-4H2,1-2H3/t13-/m1/s1. The van der Waals surface area contributed by atoms with Crippen molar-refractivity contribution in [1.82, 2.24) is 9.88 Å². The molecule has 0 unspecified atom stereocenters. The Balaban J connectivity index is 2.31. The Kier molecular flexibility index (Phi) is 4.95. The van der Waals surface area contributed by atoms with E-state index in [0.717, 1.165) is 12.0 Å². The molecule has 1 atom stereocenters. The number of hydrogen-bond donors (Lipinski definition) is 0. The number of aromatic nitrogens is 1. The fourth-order valence-electron chi connectivity index (χ4n) is 2.30. The minimum absolute atomic E-state index is 0.0208. The van der Waals surface area contributed by atoms with Crippen LogP contribution in [0.5, 0.6) is 0 Å². The molecule has 0 bridgehead atoms. The van der Waals surface area contributed by atoms with E-state index >= 15 is 0 Å². The lowest BCUT2D eigenvalue weighted by atomic mass is 10.0. The highest BCUT2D eigenvalue weighted by Gasteiger charge is 2.26. The van der Waals surface area contributed by atoms with Crippen molar-refractivity contribution in [3.8, 4) is 0 Å². The van der Waals surface area contributed by atoms with Crippen LogP contribution >= 0.6 is 15.9 Å². The van der Waals surface area contributed by atoms with Crippen LogP contribution in [0.25, 0.3) is 0 Å². The number of hydrogen-bond acceptors (Lipinski definition) is 3. The van der Waals surface area contributed by atoms with E-state index < -0.39 is 0 Å². The van der Waals surface area contributed by atoms with Crippen molar-refractivity contribution >= 4 is 21.8 Å². The van der Waals surface area contributed by atoms with Crippen molar-refractivity contribution < 1.29 is 9.21 Å². The molecule has 1 amide bonds. The van der Waals surface area contributed by atoms with E-state index in [4.69, 9.17) is 4.42 Å². The molecular formula is C15H17BrN2O2. The van der Waals surface area contributed by atoms with Crippen LogP contribution in [0.2, 0.25) is 0 Å². The van der Waals surface area contributed by atoms with E-state index in [1.54, 1.807) is 18.5 Å². The van der Waals surface area contributed by atoms with Gasteiger partial charge in [0, 0.05) is 18.9 Å². The molecular weight excluding hydrogens is 320 g/mol. The van der Waals surface area contributed by atoms with Gasteiger partial charge in [-0.1, -0.05) is 6.92 Å². The van der Waals surface area contributed by atoms with Gasteiger partial charge in [-0.15, -0.1) is 0 Å². The van der Waals surface area contributed by atoms with Crippen molar-refractivity contribution in [2.45, 2.75) is 26.3 Å². The molecule has 2 aromatic heterocycles. The summed E-state index contributed by atoms with van der Waals surface area (Å²) in [6, 6.07) is 5.64. The lowest BCUT2D eigenvalue weighted by Gasteiger charge is -2.29. The Morgan fingerprint density at radius 2 is 2.05 bits per heavy atom. The van der Waals surface area contributed by atoms with Crippen molar-refractivity contribution in [2.75, 3.05) is 6.54 Å². The zero-order valence-electron chi connectivity index (χ0n) is 11.5. The van der Waals surface area contributed by atoms with Crippen molar-refractivity contribution in [1.29, 1.82) is 0 Å². The van der Waals surface area contributed by atoms with Crippen LogP contribution in [0.15, 0.2) is 45.7 Å². The predicted molar refractivity (Wildman–Crippen MR) is 80.4 cm³/mol. The first kappa shape index (κ1) is 14.8. The Hall–Kier alpha value is -1.62. The number of pyridine rings is 1. The van der Waals surface area contributed by atoms with Gasteiger partial charge in [-0.25, -0.2) is 0 Å². The fraction of sp³-hybridized carbons (Fsp3) is 0.333. The number of carbonyl (C=O) groups excluding carboxylic acids is 1. The topological polar surface area (TPSA) is 46.3 Å². The van der Waals surface area contributed by atoms with E-state index in [2.05, 4.69) is 27.8 Å². The lowest BCUT2D eigenvalue weighted by Crippen LogP contribution is -2.34. The van der Waals surface area contributed by atoms with Crippen molar-refractivity contribution in [3.05, 3.63) is 52.7 Å². The molecule has 0 N–H and O–H groups in total. The second-order valence-electron chi connectivity index (χ2n) is 4.39. The number of carbonyl (C=O) groups is 1. The molecule has 0 aliphatic carbocycles. The molecule has 0 radical (unpaired) electrons. The molecule has 2 rings (SSSR count). The third-order valence-electron chi connectivity index (χ3n) is 3.27. The monoisotopic (exact) mass is 336 g/mol. The van der Waals surface area contributed by atoms with Gasteiger partial charge in [-0.05, 0) is 53.0 Å². The summed E-state index contributed by atoms with van der Waals surface area (Å²) < 4.78 is 5.97. The molecule has 0 saturated carbocycles. The quantitative estimate of drug-likeness (QED) is 0.827. The number of rotatable bonds is 5. The van der Waals surface area contributed by atoms with Crippen LogP contribution < -0.4 is 0 Å². The summed E-state index contributed by atoms with van der Waals surface area (Å²) in [4.78, 5) is 18.5. The molecule has 2 heterocycles. The number of furan rings is 1. The van der Waals surface area contributed by atoms with E-state index in [0.29, 0.717) is 16.8 Å². The van der Waals surface area contributed by atoms with Gasteiger partial charge in [-0.2, -0.15) is 0 Å². The Morgan fingerprint density at radius 1 is 1.35 bits per heavy atom. The van der Waals surface area contributed by atoms with Crippen LogP contribution in [-0.2, 0) is 0 Å². The molecule has 5 heteroatoms. The number of nitrogens with zero attached hydrogens (tertiary/aromatic N) is 2. The Morgan fingerprint density at radius 3 is 2.55 bits per heavy atom. The lowest BCUT2D eigenvalue weighted by molar-refractivity contribution is 0.0648. The fourth-order valence-corrected chi connectivity index (χ4v) is 2.67. The van der Waals surface area contributed by atoms with Gasteiger partial charge < -0.3 is 9.32 Å². The molecule has 0 aliphatic rings. The maximum atomic E-state index is 12.6. The molecule has 106 valence electrons. The molecule has 4 nitrogen and oxygen atoms in total. The molecule has 2 aromatic rings. The summed E-state index contributed by atoms with van der Waals surface area (Å²) in [5.41, 5.74) is 1.08. The van der Waals surface area contributed by atoms with Gasteiger partial charge in [0.2, 0.25) is 5.76 Å². The highest BCUT2D eigenvalue weighted by molar-refractivity contribution is 9.10. The normalized spacial score (nSPS) is 12.2. The summed E-state index contributed by atoms with van der Waals surface area (Å²) in [5.74, 6) is 0.243. The SMILES string of the molecule is CC[C@H](c1ccncc1)N(CC)C(=O)c1occc1Br. The molecule has 0 fully saturated rings. The van der Waals surface area contributed by atoms with E-state index in [-0.39, 0.29) is 11.9 Å². The van der Waals surface area contributed by atoms with Gasteiger partial charge in [0.1, 0.15) is 0 Å². The van der Waals surface area contributed by atoms with Crippen LogP contribution in [0.4, 0.5) is 0 Å². The van der Waals surface area contributed by atoms with Gasteiger partial charge in [0.05, 0.1) is 16.8 Å². The van der Waals surface area contributed by atoms with Crippen LogP contribution in [-0.4, -0.2) is 22.3 Å². The molecule has 0 aliphatic heterocycles. The summed E-state index contributed by atoms with van der Waals surface area (Å²) in [5, 5.41) is 0. The Labute approximate surface area is 126 Å². The zero-order chi connectivity index (χ0) is 14.5. The van der Waals surface area contributed by atoms with Gasteiger partial charge in [0.25, 0.3) is 5.91 Å². The van der Waals surface area contributed by atoms with E-state index in [1.807, 2.05) is 24.0 Å². The maximum Gasteiger partial charge on any atom is 0.291 e. The van der Waals surface area contributed by atoms with Gasteiger partial charge in [-0.3, -0.25) is 9.78 Å². The third-order valence-corrected chi connectivity index (χ3v) is 3.89. The summed E-state index contributed by atoms with van der Waals surface area (Å²) in [7, 11) is 0. The molecule has 0 saturated heterocycles. The highest BCUT2D eigenvalue weighted by Crippen LogP contribution is 2.27. The maximum absolute atomic E-state index is 12.6. The van der Waals surface area contributed by atoms with Crippen molar-refractivity contribution in [3.63, 3.8) is 0 Å². The number of halogens is 1. The van der Waals surface area contributed by atoms with Crippen LogP contribution in [0, 0.1) is 0 Å². The predicted octanol–water partition coefficient (Wildman–Crippen LogP) is 4.05. The first-order valence-electron chi connectivity index (χ1n) is 6.62. The first-order chi connectivity index (χ1) is 9.69.